The van der Waals surface area contributed by atoms with Gasteiger partial charge in [0.15, 0.2) is 10.9 Å². The number of hydrogen-bond acceptors (Lipinski definition) is 5. The van der Waals surface area contributed by atoms with Crippen molar-refractivity contribution in [1.29, 1.82) is 0 Å². The summed E-state index contributed by atoms with van der Waals surface area (Å²) in [5, 5.41) is 3.10. The first-order valence-electron chi connectivity index (χ1n) is 7.26. The highest BCUT2D eigenvalue weighted by molar-refractivity contribution is 8.00. The van der Waals surface area contributed by atoms with Gasteiger partial charge in [-0.15, -0.1) is 0 Å². The minimum absolute atomic E-state index is 0.00114. The summed E-state index contributed by atoms with van der Waals surface area (Å²) in [6.07, 6.45) is 0. The van der Waals surface area contributed by atoms with Gasteiger partial charge in [-0.3, -0.25) is 9.59 Å². The summed E-state index contributed by atoms with van der Waals surface area (Å²) in [6.45, 7) is 7.13. The number of nitrogens with zero attached hydrogens (tertiary/aromatic N) is 2. The highest BCUT2D eigenvalue weighted by Gasteiger charge is 2.16. The third-order valence-corrected chi connectivity index (χ3v) is 4.13. The Balaban J connectivity index is 2.00. The lowest BCUT2D eigenvalue weighted by Gasteiger charge is -2.12. The number of rotatable bonds is 5. The second-order valence-electron chi connectivity index (χ2n) is 5.32. The molecule has 2 aromatic rings. The van der Waals surface area contributed by atoms with Crippen LogP contribution in [0.4, 0.5) is 5.69 Å². The van der Waals surface area contributed by atoms with Crippen molar-refractivity contribution in [2.75, 3.05) is 5.32 Å². The van der Waals surface area contributed by atoms with Crippen LogP contribution in [0.3, 0.4) is 0 Å². The number of aryl methyl sites for hydroxylation is 2. The van der Waals surface area contributed by atoms with Gasteiger partial charge in [0.1, 0.15) is 0 Å². The van der Waals surface area contributed by atoms with Crippen molar-refractivity contribution in [3.8, 4) is 0 Å². The van der Waals surface area contributed by atoms with E-state index in [1.54, 1.807) is 24.3 Å². The summed E-state index contributed by atoms with van der Waals surface area (Å²) < 4.78 is 0. The SMILES string of the molecule is CC(=O)c1ccc(NC(=O)[C@H](C)Sc2nc(C)cc(C)n2)cc1. The van der Waals surface area contributed by atoms with Crippen molar-refractivity contribution in [2.24, 2.45) is 0 Å². The van der Waals surface area contributed by atoms with E-state index in [0.29, 0.717) is 16.4 Å². The van der Waals surface area contributed by atoms with Crippen LogP contribution in [-0.2, 0) is 4.79 Å². The van der Waals surface area contributed by atoms with Crippen molar-refractivity contribution >= 4 is 29.1 Å². The normalized spacial score (nSPS) is 11.8. The molecular weight excluding hydrogens is 310 g/mol. The minimum Gasteiger partial charge on any atom is -0.325 e. The third-order valence-electron chi connectivity index (χ3n) is 3.17. The van der Waals surface area contributed by atoms with Crippen LogP contribution < -0.4 is 5.32 Å². The Bertz CT molecular complexity index is 709. The zero-order valence-electron chi connectivity index (χ0n) is 13.6. The maximum absolute atomic E-state index is 12.3. The minimum atomic E-state index is -0.330. The number of amides is 1. The predicted octanol–water partition coefficient (Wildman–Crippen LogP) is 3.42. The van der Waals surface area contributed by atoms with Crippen molar-refractivity contribution < 1.29 is 9.59 Å². The molecule has 0 saturated heterocycles. The topological polar surface area (TPSA) is 72.0 Å². The van der Waals surface area contributed by atoms with E-state index < -0.39 is 0 Å². The van der Waals surface area contributed by atoms with E-state index >= 15 is 0 Å². The van der Waals surface area contributed by atoms with Crippen LogP contribution in [0.25, 0.3) is 0 Å². The molecular formula is C17H19N3O2S. The van der Waals surface area contributed by atoms with Crippen LogP contribution in [0, 0.1) is 13.8 Å². The smallest absolute Gasteiger partial charge is 0.237 e. The summed E-state index contributed by atoms with van der Waals surface area (Å²) in [5.74, 6) is -0.132. The predicted molar refractivity (Wildman–Crippen MR) is 91.9 cm³/mol. The second-order valence-corrected chi connectivity index (χ2v) is 6.62. The number of carbonyl (C=O) groups is 2. The Kier molecular flexibility index (Phi) is 5.50. The van der Waals surface area contributed by atoms with Gasteiger partial charge in [0.05, 0.1) is 5.25 Å². The number of Topliss-reactive ketones (excluding diaryl/α,β-unsaturated/α-hetero) is 1. The second kappa shape index (κ2) is 7.37. The van der Waals surface area contributed by atoms with E-state index in [1.807, 2.05) is 26.8 Å². The molecule has 5 nitrogen and oxygen atoms in total. The number of ketones is 1. The molecule has 2 rings (SSSR count). The molecule has 0 unspecified atom stereocenters. The largest absolute Gasteiger partial charge is 0.325 e. The fraction of sp³-hybridized carbons (Fsp3) is 0.294. The van der Waals surface area contributed by atoms with E-state index in [1.165, 1.54) is 18.7 Å². The van der Waals surface area contributed by atoms with Gasteiger partial charge >= 0.3 is 0 Å². The van der Waals surface area contributed by atoms with Crippen LogP contribution in [-0.4, -0.2) is 26.9 Å². The molecule has 1 N–H and O–H groups in total. The molecule has 0 spiro atoms. The zero-order chi connectivity index (χ0) is 17.0. The van der Waals surface area contributed by atoms with Crippen LogP contribution >= 0.6 is 11.8 Å². The lowest BCUT2D eigenvalue weighted by atomic mass is 10.1. The molecule has 1 heterocycles. The Morgan fingerprint density at radius 2 is 1.65 bits per heavy atom. The fourth-order valence-electron chi connectivity index (χ4n) is 1.99. The van der Waals surface area contributed by atoms with Gasteiger partial charge in [-0.1, -0.05) is 11.8 Å². The number of carbonyl (C=O) groups excluding carboxylic acids is 2. The standard InChI is InChI=1S/C17H19N3O2S/c1-10-9-11(2)19-17(18-10)23-13(4)16(22)20-15-7-5-14(6-8-15)12(3)21/h5-9,13H,1-4H3,(H,20,22)/t13-/m0/s1. The molecule has 6 heteroatoms. The van der Waals surface area contributed by atoms with Gasteiger partial charge < -0.3 is 5.32 Å². The van der Waals surface area contributed by atoms with Gasteiger partial charge in [-0.2, -0.15) is 0 Å². The zero-order valence-corrected chi connectivity index (χ0v) is 14.4. The van der Waals surface area contributed by atoms with E-state index in [9.17, 15) is 9.59 Å². The molecule has 0 fully saturated rings. The number of thioether (sulfide) groups is 1. The van der Waals surface area contributed by atoms with Crippen molar-refractivity contribution in [1.82, 2.24) is 9.97 Å². The lowest BCUT2D eigenvalue weighted by molar-refractivity contribution is -0.115. The summed E-state index contributed by atoms with van der Waals surface area (Å²) in [7, 11) is 0. The van der Waals surface area contributed by atoms with Gasteiger partial charge in [0.25, 0.3) is 0 Å². The fourth-order valence-corrected chi connectivity index (χ4v) is 2.87. The summed E-state index contributed by atoms with van der Waals surface area (Å²) >= 11 is 1.32. The Labute approximate surface area is 139 Å². The molecule has 1 aromatic heterocycles. The summed E-state index contributed by atoms with van der Waals surface area (Å²) in [6, 6.07) is 8.73. The first kappa shape index (κ1) is 17.1. The van der Waals surface area contributed by atoms with E-state index in [2.05, 4.69) is 15.3 Å². The Hall–Kier alpha value is -2.21. The van der Waals surface area contributed by atoms with Crippen molar-refractivity contribution in [2.45, 2.75) is 38.1 Å². The average molecular weight is 329 g/mol. The first-order valence-corrected chi connectivity index (χ1v) is 8.14. The maximum Gasteiger partial charge on any atom is 0.237 e. The van der Waals surface area contributed by atoms with Gasteiger partial charge in [-0.25, -0.2) is 9.97 Å². The Morgan fingerprint density at radius 3 is 2.17 bits per heavy atom. The van der Waals surface area contributed by atoms with Crippen LogP contribution in [0.1, 0.15) is 35.6 Å². The van der Waals surface area contributed by atoms with E-state index in [-0.39, 0.29) is 16.9 Å². The average Bonchev–Trinajstić information content (AvgIpc) is 2.46. The first-order chi connectivity index (χ1) is 10.8. The maximum atomic E-state index is 12.3. The Morgan fingerprint density at radius 1 is 1.09 bits per heavy atom. The van der Waals surface area contributed by atoms with Crippen LogP contribution in [0.2, 0.25) is 0 Å². The quantitative estimate of drug-likeness (QED) is 0.517. The summed E-state index contributed by atoms with van der Waals surface area (Å²) in [5.41, 5.74) is 3.04. The number of aromatic nitrogens is 2. The highest BCUT2D eigenvalue weighted by Crippen LogP contribution is 2.21. The van der Waals surface area contributed by atoms with Crippen molar-refractivity contribution in [3.05, 3.63) is 47.3 Å². The molecule has 0 bridgehead atoms. The van der Waals surface area contributed by atoms with Crippen molar-refractivity contribution in [3.63, 3.8) is 0 Å². The van der Waals surface area contributed by atoms with Crippen LogP contribution in [0.5, 0.6) is 0 Å². The van der Waals surface area contributed by atoms with Crippen LogP contribution in [0.15, 0.2) is 35.5 Å². The number of nitrogens with one attached hydrogen (secondary N) is 1. The number of hydrogen-bond donors (Lipinski definition) is 1. The molecule has 1 amide bonds. The van der Waals surface area contributed by atoms with E-state index in [4.69, 9.17) is 0 Å². The lowest BCUT2D eigenvalue weighted by Crippen LogP contribution is -2.22. The molecule has 23 heavy (non-hydrogen) atoms. The molecule has 120 valence electrons. The molecule has 0 aliphatic heterocycles. The molecule has 1 aromatic carbocycles. The monoisotopic (exact) mass is 329 g/mol. The number of benzene rings is 1. The van der Waals surface area contributed by atoms with Gasteiger partial charge in [-0.05, 0) is 58.0 Å². The molecule has 0 aliphatic carbocycles. The molecule has 0 aliphatic rings. The summed E-state index contributed by atoms with van der Waals surface area (Å²) in [4.78, 5) is 32.1. The number of anilines is 1. The third kappa shape index (κ3) is 4.89. The molecule has 1 atom stereocenters. The van der Waals surface area contributed by atoms with E-state index in [0.717, 1.165) is 11.4 Å². The van der Waals surface area contributed by atoms with Gasteiger partial charge in [0.2, 0.25) is 5.91 Å². The van der Waals surface area contributed by atoms with Gasteiger partial charge in [0, 0.05) is 22.6 Å². The molecule has 0 radical (unpaired) electrons. The molecule has 0 saturated carbocycles. The highest BCUT2D eigenvalue weighted by atomic mass is 32.2.